The summed E-state index contributed by atoms with van der Waals surface area (Å²) < 4.78 is 0. The molecule has 2 aliphatic carbocycles. The van der Waals surface area contributed by atoms with Gasteiger partial charge in [-0.3, -0.25) is 48.3 Å². The molecule has 2 aromatic carbocycles. The Hall–Kier alpha value is -7.00. The number of hydrogen-bond donors (Lipinski definition) is 8. The lowest BCUT2D eigenvalue weighted by atomic mass is 9.85. The van der Waals surface area contributed by atoms with Gasteiger partial charge in [-0.05, 0) is 137 Å². The Balaban J connectivity index is 0.00000566. The summed E-state index contributed by atoms with van der Waals surface area (Å²) in [5, 5.41) is 24.3. The quantitative estimate of drug-likeness (QED) is 0.0691. The van der Waals surface area contributed by atoms with Crippen LogP contribution in [-0.2, 0) is 41.6 Å². The fraction of sp³-hybridized carbons (Fsp3) is 0.516. The highest BCUT2D eigenvalue weighted by Gasteiger charge is 2.48. The number of benzene rings is 2. The van der Waals surface area contributed by atoms with Crippen LogP contribution in [0, 0.1) is 10.8 Å². The van der Waals surface area contributed by atoms with Gasteiger partial charge in [0.1, 0.15) is 35.6 Å². The number of rotatable bonds is 17. The van der Waals surface area contributed by atoms with Crippen LogP contribution < -0.4 is 42.5 Å². The predicted octanol–water partition coefficient (Wildman–Crippen LogP) is 5.05. The van der Waals surface area contributed by atoms with Gasteiger partial charge in [0.2, 0.25) is 35.4 Å². The van der Waals surface area contributed by atoms with E-state index < -0.39 is 82.8 Å². The molecule has 2 aliphatic heterocycles. The maximum absolute atomic E-state index is 14.9. The topological polar surface area (TPSA) is 265 Å². The third kappa shape index (κ3) is 15.1. The Morgan fingerprint density at radius 3 is 1.25 bits per heavy atom. The van der Waals surface area contributed by atoms with E-state index in [1.165, 1.54) is 22.2 Å². The van der Waals surface area contributed by atoms with Gasteiger partial charge in [-0.1, -0.05) is 90.1 Å². The summed E-state index contributed by atoms with van der Waals surface area (Å²) in [6, 6.07) is 15.0. The SMILES string of the molecule is CN[C@@H](C)C(=O)N[C@H](C(=O)N1C[C@@H](NC(=O)c2cccnc2-c2ncccc2C(=O)N[C@H]2C[C@@H](C(=O)NC3CCCc4ccccc43)N(C(=O)[C@@H](NC(=O)[C@H](C)NC)C(C)(C)C)C2)CC1C(=O)N[C@@H]1CCCc2ccccc21)C(C)(C)C.Cl.Cl. The monoisotopic (exact) mass is 1190 g/mol. The largest absolute Gasteiger partial charge is 0.347 e. The van der Waals surface area contributed by atoms with Gasteiger partial charge in [0, 0.05) is 37.6 Å². The fourth-order valence-corrected chi connectivity index (χ4v) is 11.7. The molecule has 8 rings (SSSR count). The van der Waals surface area contributed by atoms with Crippen LogP contribution in [0.5, 0.6) is 0 Å². The minimum absolute atomic E-state index is 0. The first-order valence-corrected chi connectivity index (χ1v) is 28.8. The van der Waals surface area contributed by atoms with Gasteiger partial charge in [-0.15, -0.1) is 24.8 Å². The summed E-state index contributed by atoms with van der Waals surface area (Å²) in [5.41, 5.74) is 3.13. The molecule has 0 saturated carbocycles. The number of halogens is 2. The van der Waals surface area contributed by atoms with Crippen molar-refractivity contribution in [1.82, 2.24) is 62.3 Å². The minimum Gasteiger partial charge on any atom is -0.347 e. The van der Waals surface area contributed by atoms with E-state index in [0.717, 1.165) is 47.9 Å². The molecule has 2 fully saturated rings. The summed E-state index contributed by atoms with van der Waals surface area (Å²) in [7, 11) is 3.30. The van der Waals surface area contributed by atoms with E-state index in [9.17, 15) is 38.4 Å². The maximum Gasteiger partial charge on any atom is 0.253 e. The van der Waals surface area contributed by atoms with Crippen molar-refractivity contribution in [2.75, 3.05) is 27.2 Å². The summed E-state index contributed by atoms with van der Waals surface area (Å²) >= 11 is 0. The number of amides is 8. The van der Waals surface area contributed by atoms with Gasteiger partial charge < -0.3 is 52.3 Å². The molecule has 0 spiro atoms. The predicted molar refractivity (Wildman–Crippen MR) is 325 cm³/mol. The van der Waals surface area contributed by atoms with Gasteiger partial charge in [0.05, 0.1) is 35.3 Å². The molecule has 10 atom stereocenters. The summed E-state index contributed by atoms with van der Waals surface area (Å²) in [4.78, 5) is 127. The van der Waals surface area contributed by atoms with Crippen molar-refractivity contribution in [3.05, 3.63) is 119 Å². The molecule has 22 heteroatoms. The van der Waals surface area contributed by atoms with Crippen LogP contribution in [0.25, 0.3) is 11.4 Å². The number of likely N-dealkylation sites (N-methyl/N-ethyl adjacent to an activating group) is 2. The smallest absolute Gasteiger partial charge is 0.253 e. The molecule has 2 unspecified atom stereocenters. The first-order valence-electron chi connectivity index (χ1n) is 28.8. The molecule has 84 heavy (non-hydrogen) atoms. The lowest BCUT2D eigenvalue weighted by Crippen LogP contribution is -2.59. The molecule has 8 amide bonds. The molecule has 20 nitrogen and oxygen atoms in total. The number of carbonyl (C=O) groups is 8. The Morgan fingerprint density at radius 2 is 0.893 bits per heavy atom. The zero-order valence-corrected chi connectivity index (χ0v) is 51.4. The molecular formula is C62H84Cl2N12O8. The minimum atomic E-state index is -1.02. The maximum atomic E-state index is 14.9. The zero-order chi connectivity index (χ0) is 59.2. The van der Waals surface area contributed by atoms with Crippen LogP contribution in [0.4, 0.5) is 0 Å². The normalized spacial score (nSPS) is 21.5. The number of fused-ring (bicyclic) bond motifs is 2. The standard InChI is InChI=1S/C62H82N12O8.2ClH/c1-35(63-9)53(75)71-51(61(3,4)5)59(81)73-33-39(31-47(73)57(79)69-45-27-15-21-37-19-11-13-23-41(37)45)67-55(77)43-25-17-29-65-49(43)50-44(26-18-30-66-50)56(78)68-40-32-48(58(80)70-46-28-16-22-38-20-12-14-24-42(38)46)74(34-40)60(82)52(62(6,7)8)72-54(76)36(2)64-10;;/h11-14,17-20,23-26,29-30,35-36,39-40,45-48,51-52,63-64H,15-16,21-22,27-28,31-34H2,1-10H3,(H,67,77)(H,68,78)(H,69,79)(H,70,80)(H,71,75)(H,72,76);2*1H/t35-,36-,39-,40-,45+,46?,47?,48-,51+,52+;;/m0../s1. The first kappa shape index (κ1) is 66.1. The van der Waals surface area contributed by atoms with Gasteiger partial charge >= 0.3 is 0 Å². The molecule has 4 aliphatic rings. The van der Waals surface area contributed by atoms with E-state index in [0.29, 0.717) is 12.8 Å². The number of carbonyl (C=O) groups excluding carboxylic acids is 8. The average Bonchev–Trinajstić information content (AvgIpc) is 3.68. The van der Waals surface area contributed by atoms with E-state index in [4.69, 9.17) is 0 Å². The molecule has 2 saturated heterocycles. The Bertz CT molecular complexity index is 2860. The summed E-state index contributed by atoms with van der Waals surface area (Å²) in [6.07, 6.45) is 8.04. The van der Waals surface area contributed by atoms with Gasteiger partial charge in [0.25, 0.3) is 11.8 Å². The number of aryl methyl sites for hydroxylation is 2. The third-order valence-corrected chi connectivity index (χ3v) is 16.6. The van der Waals surface area contributed by atoms with E-state index in [-0.39, 0.29) is 109 Å². The number of nitrogens with one attached hydrogen (secondary N) is 8. The molecule has 2 aromatic heterocycles. The molecule has 4 heterocycles. The lowest BCUT2D eigenvalue weighted by molar-refractivity contribution is -0.144. The Kier molecular flexibility index (Phi) is 22.3. The van der Waals surface area contributed by atoms with Crippen molar-refractivity contribution in [2.45, 2.75) is 167 Å². The number of nitrogens with zero attached hydrogens (tertiary/aromatic N) is 4. The van der Waals surface area contributed by atoms with E-state index in [2.05, 4.69) is 64.6 Å². The average molecular weight is 1200 g/mol. The van der Waals surface area contributed by atoms with Crippen molar-refractivity contribution in [3.63, 3.8) is 0 Å². The number of likely N-dealkylation sites (tertiary alicyclic amines) is 2. The van der Waals surface area contributed by atoms with Crippen LogP contribution in [-0.4, -0.2) is 143 Å². The van der Waals surface area contributed by atoms with Crippen molar-refractivity contribution in [3.8, 4) is 11.4 Å². The lowest BCUT2D eigenvalue weighted by Gasteiger charge is -2.36. The number of aromatic nitrogens is 2. The van der Waals surface area contributed by atoms with Crippen molar-refractivity contribution >= 4 is 72.1 Å². The fourth-order valence-electron chi connectivity index (χ4n) is 11.7. The summed E-state index contributed by atoms with van der Waals surface area (Å²) in [6.45, 7) is 14.3. The molecule has 0 radical (unpaired) electrons. The highest BCUT2D eigenvalue weighted by molar-refractivity contribution is 6.05. The van der Waals surface area contributed by atoms with Crippen LogP contribution in [0.2, 0.25) is 0 Å². The molecule has 0 bridgehead atoms. The van der Waals surface area contributed by atoms with E-state index in [1.54, 1.807) is 52.2 Å². The number of hydrogen-bond acceptors (Lipinski definition) is 12. The second-order valence-corrected chi connectivity index (χ2v) is 24.6. The first-order chi connectivity index (χ1) is 39.0. The Morgan fingerprint density at radius 1 is 0.524 bits per heavy atom. The zero-order valence-electron chi connectivity index (χ0n) is 49.8. The third-order valence-electron chi connectivity index (χ3n) is 16.6. The van der Waals surface area contributed by atoms with Crippen molar-refractivity contribution in [2.24, 2.45) is 10.8 Å². The van der Waals surface area contributed by atoms with E-state index >= 15 is 0 Å². The molecular weight excluding hydrogens is 1110 g/mol. The molecule has 4 aromatic rings. The highest BCUT2D eigenvalue weighted by atomic mass is 35.5. The van der Waals surface area contributed by atoms with E-state index in [1.807, 2.05) is 77.9 Å². The number of pyridine rings is 2. The second kappa shape index (κ2) is 28.3. The molecule has 8 N–H and O–H groups in total. The van der Waals surface area contributed by atoms with Crippen LogP contribution in [0.1, 0.15) is 149 Å². The van der Waals surface area contributed by atoms with Crippen LogP contribution in [0.15, 0.2) is 85.2 Å². The van der Waals surface area contributed by atoms with Crippen LogP contribution >= 0.6 is 24.8 Å². The van der Waals surface area contributed by atoms with Crippen LogP contribution in [0.3, 0.4) is 0 Å². The summed E-state index contributed by atoms with van der Waals surface area (Å²) in [5.74, 6) is -3.63. The highest BCUT2D eigenvalue weighted by Crippen LogP contribution is 2.34. The van der Waals surface area contributed by atoms with Crippen molar-refractivity contribution in [1.29, 1.82) is 0 Å². The molecule has 454 valence electrons. The van der Waals surface area contributed by atoms with Gasteiger partial charge in [-0.25, -0.2) is 0 Å². The Labute approximate surface area is 505 Å². The van der Waals surface area contributed by atoms with Gasteiger partial charge in [0.15, 0.2) is 0 Å². The van der Waals surface area contributed by atoms with Crippen molar-refractivity contribution < 1.29 is 38.4 Å². The second-order valence-electron chi connectivity index (χ2n) is 24.6. The van der Waals surface area contributed by atoms with Gasteiger partial charge in [-0.2, -0.15) is 0 Å².